The molecule has 0 saturated carbocycles. The number of fused-ring (bicyclic) bond motifs is 1. The maximum Gasteiger partial charge on any atom is 0.334 e. The number of aliphatic imine (C=N–C) groups is 2. The van der Waals surface area contributed by atoms with Crippen molar-refractivity contribution >= 4 is 18.2 Å². The number of hydrogen-bond donors (Lipinski definition) is 2. The first-order valence-corrected chi connectivity index (χ1v) is 9.32. The Morgan fingerprint density at radius 1 is 1.22 bits per heavy atom. The summed E-state index contributed by atoms with van der Waals surface area (Å²) in [6.07, 6.45) is 5.46. The van der Waals surface area contributed by atoms with Gasteiger partial charge in [0, 0.05) is 31.9 Å². The molecule has 1 unspecified atom stereocenters. The van der Waals surface area contributed by atoms with E-state index in [9.17, 15) is 4.79 Å². The number of hydrogen-bond acceptors (Lipinski definition) is 6. The highest BCUT2D eigenvalue weighted by molar-refractivity contribution is 6.00. The number of nitrogens with two attached hydrogens (primary N) is 2. The number of carbonyl (C=O) groups is 1. The Labute approximate surface area is 158 Å². The van der Waals surface area contributed by atoms with Gasteiger partial charge in [-0.1, -0.05) is 24.3 Å². The van der Waals surface area contributed by atoms with Gasteiger partial charge in [-0.25, -0.2) is 4.79 Å². The molecule has 27 heavy (non-hydrogen) atoms. The van der Waals surface area contributed by atoms with Gasteiger partial charge in [-0.2, -0.15) is 4.99 Å². The number of nitrogens with zero attached hydrogens (tertiary/aromatic N) is 5. The van der Waals surface area contributed by atoms with Crippen molar-refractivity contribution in [2.45, 2.75) is 32.0 Å². The van der Waals surface area contributed by atoms with Gasteiger partial charge in [-0.3, -0.25) is 14.8 Å². The topological polar surface area (TPSA) is 104 Å². The molecule has 4 rings (SSSR count). The summed E-state index contributed by atoms with van der Waals surface area (Å²) in [5, 5.41) is 0. The van der Waals surface area contributed by atoms with Crippen molar-refractivity contribution in [3.05, 3.63) is 47.3 Å². The fourth-order valence-electron chi connectivity index (χ4n) is 3.71. The van der Waals surface area contributed by atoms with Crippen molar-refractivity contribution in [2.24, 2.45) is 21.5 Å². The number of guanidine groups is 1. The van der Waals surface area contributed by atoms with Crippen LogP contribution >= 0.6 is 0 Å². The van der Waals surface area contributed by atoms with Crippen LogP contribution in [0.2, 0.25) is 0 Å². The van der Waals surface area contributed by atoms with Gasteiger partial charge in [-0.05, 0) is 30.0 Å². The molecule has 1 aromatic carbocycles. The van der Waals surface area contributed by atoms with Gasteiger partial charge in [0.1, 0.15) is 12.5 Å². The summed E-state index contributed by atoms with van der Waals surface area (Å²) < 4.78 is 0. The van der Waals surface area contributed by atoms with E-state index in [2.05, 4.69) is 9.89 Å². The van der Waals surface area contributed by atoms with E-state index in [1.165, 1.54) is 0 Å². The van der Waals surface area contributed by atoms with Gasteiger partial charge >= 0.3 is 6.03 Å². The molecule has 0 radical (unpaired) electrons. The smallest absolute Gasteiger partial charge is 0.334 e. The normalized spacial score (nSPS) is 22.5. The molecule has 8 heteroatoms. The Bertz CT molecular complexity index is 816. The Morgan fingerprint density at radius 2 is 2.04 bits per heavy atom. The van der Waals surface area contributed by atoms with E-state index < -0.39 is 0 Å². The first-order chi connectivity index (χ1) is 13.2. The average molecular weight is 367 g/mol. The van der Waals surface area contributed by atoms with Crippen molar-refractivity contribution in [1.82, 2.24) is 14.7 Å². The van der Waals surface area contributed by atoms with Crippen LogP contribution in [0, 0.1) is 0 Å². The second-order valence-corrected chi connectivity index (χ2v) is 7.03. The maximum atomic E-state index is 13.3. The van der Waals surface area contributed by atoms with Gasteiger partial charge in [0.05, 0.1) is 6.54 Å². The van der Waals surface area contributed by atoms with Crippen LogP contribution in [0.3, 0.4) is 0 Å². The minimum atomic E-state index is -0.117. The van der Waals surface area contributed by atoms with Crippen LogP contribution in [0.5, 0.6) is 0 Å². The summed E-state index contributed by atoms with van der Waals surface area (Å²) in [7, 11) is 0. The number of likely N-dealkylation sites (tertiary alicyclic amines) is 1. The monoisotopic (exact) mass is 367 g/mol. The third kappa shape index (κ3) is 3.45. The van der Waals surface area contributed by atoms with Crippen molar-refractivity contribution in [2.75, 3.05) is 19.8 Å². The van der Waals surface area contributed by atoms with Crippen LogP contribution in [0.15, 0.2) is 46.1 Å². The first kappa shape index (κ1) is 17.7. The van der Waals surface area contributed by atoms with Gasteiger partial charge in [0.25, 0.3) is 0 Å². The zero-order valence-corrected chi connectivity index (χ0v) is 15.3. The van der Waals surface area contributed by atoms with Crippen molar-refractivity contribution < 1.29 is 4.79 Å². The van der Waals surface area contributed by atoms with E-state index in [-0.39, 0.29) is 18.7 Å². The highest BCUT2D eigenvalue weighted by Gasteiger charge is 2.37. The number of urea groups is 1. The zero-order valence-electron chi connectivity index (χ0n) is 15.3. The van der Waals surface area contributed by atoms with Crippen molar-refractivity contribution in [3.8, 4) is 0 Å². The summed E-state index contributed by atoms with van der Waals surface area (Å²) in [5.41, 5.74) is 14.1. The Balaban J connectivity index is 1.71. The highest BCUT2D eigenvalue weighted by Crippen LogP contribution is 2.25. The molecule has 3 heterocycles. The standard InChI is InChI=1S/C19H25N7O/c20-10-14-4-1-2-5-15(14)11-25-18(24-9-3-6-16(21)12-24)23-17-7-8-22-13-26(17)19(25)27/h1-2,4-5,7-8,16H,3,6,9-13,20-21H2. The zero-order chi connectivity index (χ0) is 18.8. The fourth-order valence-corrected chi connectivity index (χ4v) is 3.71. The number of piperidine rings is 1. The molecule has 0 spiro atoms. The van der Waals surface area contributed by atoms with Crippen molar-refractivity contribution in [1.29, 1.82) is 0 Å². The largest absolute Gasteiger partial charge is 0.341 e. The van der Waals surface area contributed by atoms with E-state index in [0.29, 0.717) is 31.4 Å². The number of rotatable bonds is 3. The predicted octanol–water partition coefficient (Wildman–Crippen LogP) is 1.05. The summed E-state index contributed by atoms with van der Waals surface area (Å²) in [6, 6.07) is 7.90. The lowest BCUT2D eigenvalue weighted by Crippen LogP contribution is -2.58. The summed E-state index contributed by atoms with van der Waals surface area (Å²) in [5.74, 6) is 1.30. The summed E-state index contributed by atoms with van der Waals surface area (Å²) in [6.45, 7) is 2.68. The number of allylic oxidation sites excluding steroid dienone is 1. The molecule has 0 aromatic heterocycles. The highest BCUT2D eigenvalue weighted by atomic mass is 16.2. The number of amides is 2. The molecule has 1 saturated heterocycles. The van der Waals surface area contributed by atoms with E-state index in [1.54, 1.807) is 22.1 Å². The molecule has 8 nitrogen and oxygen atoms in total. The van der Waals surface area contributed by atoms with E-state index in [4.69, 9.17) is 16.5 Å². The lowest BCUT2D eigenvalue weighted by atomic mass is 10.1. The molecule has 0 bridgehead atoms. The lowest BCUT2D eigenvalue weighted by Gasteiger charge is -2.42. The summed E-state index contributed by atoms with van der Waals surface area (Å²) >= 11 is 0. The van der Waals surface area contributed by atoms with E-state index in [1.807, 2.05) is 24.3 Å². The summed E-state index contributed by atoms with van der Waals surface area (Å²) in [4.78, 5) is 27.7. The van der Waals surface area contributed by atoms with Crippen LogP contribution in [0.25, 0.3) is 0 Å². The molecule has 0 aliphatic carbocycles. The average Bonchev–Trinajstić information content (AvgIpc) is 2.70. The number of carbonyl (C=O) groups excluding carboxylic acids is 1. The quantitative estimate of drug-likeness (QED) is 0.833. The van der Waals surface area contributed by atoms with Crippen LogP contribution in [0.1, 0.15) is 24.0 Å². The molecule has 1 fully saturated rings. The number of benzene rings is 1. The molecule has 1 aromatic rings. The lowest BCUT2D eigenvalue weighted by molar-refractivity contribution is 0.170. The Morgan fingerprint density at radius 3 is 2.81 bits per heavy atom. The van der Waals surface area contributed by atoms with Gasteiger partial charge < -0.3 is 16.4 Å². The third-order valence-electron chi connectivity index (χ3n) is 5.15. The minimum absolute atomic E-state index is 0.0923. The first-order valence-electron chi connectivity index (χ1n) is 9.32. The second kappa shape index (κ2) is 7.50. The van der Waals surface area contributed by atoms with Crippen molar-refractivity contribution in [3.63, 3.8) is 0 Å². The van der Waals surface area contributed by atoms with Crippen LogP contribution in [-0.2, 0) is 13.1 Å². The minimum Gasteiger partial charge on any atom is -0.341 e. The van der Waals surface area contributed by atoms with Crippen LogP contribution in [-0.4, -0.2) is 58.7 Å². The SMILES string of the molecule is NCc1ccccc1CN1C(=O)N2CN=CC=C2N=C1N1CCCC(N)C1. The second-order valence-electron chi connectivity index (χ2n) is 7.03. The molecule has 2 amide bonds. The molecule has 1 atom stereocenters. The molecule has 4 N–H and O–H groups in total. The van der Waals surface area contributed by atoms with Crippen LogP contribution in [0.4, 0.5) is 4.79 Å². The molecule has 3 aliphatic rings. The third-order valence-corrected chi connectivity index (χ3v) is 5.15. The van der Waals surface area contributed by atoms with Gasteiger partial charge in [-0.15, -0.1) is 0 Å². The molecular formula is C19H25N7O. The predicted molar refractivity (Wildman–Crippen MR) is 105 cm³/mol. The Kier molecular flexibility index (Phi) is 4.91. The molecular weight excluding hydrogens is 342 g/mol. The van der Waals surface area contributed by atoms with Crippen LogP contribution < -0.4 is 11.5 Å². The van der Waals surface area contributed by atoms with E-state index >= 15 is 0 Å². The van der Waals surface area contributed by atoms with Gasteiger partial charge in [0.2, 0.25) is 5.96 Å². The van der Waals surface area contributed by atoms with E-state index in [0.717, 1.165) is 30.5 Å². The molecule has 142 valence electrons. The maximum absolute atomic E-state index is 13.3. The fraction of sp³-hybridized carbons (Fsp3) is 0.421. The molecule has 3 aliphatic heterocycles. The Hall–Kier alpha value is -2.71. The van der Waals surface area contributed by atoms with Gasteiger partial charge in [0.15, 0.2) is 0 Å².